The van der Waals surface area contributed by atoms with Crippen LogP contribution < -0.4 is 11.1 Å². The first-order valence-electron chi connectivity index (χ1n) is 11.7. The zero-order chi connectivity index (χ0) is 25.7. The molecule has 0 fully saturated rings. The molecule has 3 N–H and O–H groups in total. The van der Waals surface area contributed by atoms with E-state index in [4.69, 9.17) is 10.2 Å². The van der Waals surface area contributed by atoms with Crippen molar-refractivity contribution < 1.29 is 13.2 Å². The highest BCUT2D eigenvalue weighted by Gasteiger charge is 2.19. The van der Waals surface area contributed by atoms with Crippen molar-refractivity contribution in [3.05, 3.63) is 60.0 Å². The van der Waals surface area contributed by atoms with Crippen molar-refractivity contribution >= 4 is 17.6 Å². The Labute approximate surface area is 213 Å². The summed E-state index contributed by atoms with van der Waals surface area (Å²) in [5.74, 6) is -0.358. The average molecular weight is 511 g/mol. The number of hydrogen-bond donors (Lipinski definition) is 2. The number of benzene rings is 2. The highest BCUT2D eigenvalue weighted by molar-refractivity contribution is 7.99. The normalized spacial score (nSPS) is 13.0. The number of rotatable bonds is 10. The molecule has 2 heterocycles. The van der Waals surface area contributed by atoms with E-state index in [1.807, 2.05) is 23.9 Å². The lowest BCUT2D eigenvalue weighted by Crippen LogP contribution is -2.21. The fourth-order valence-electron chi connectivity index (χ4n) is 3.40. The lowest BCUT2D eigenvalue weighted by Gasteiger charge is -2.09. The topological polar surface area (TPSA) is 103 Å². The Kier molecular flexibility index (Phi) is 8.27. The van der Waals surface area contributed by atoms with Gasteiger partial charge in [-0.15, -0.1) is 22.0 Å². The molecule has 7 nitrogen and oxygen atoms in total. The van der Waals surface area contributed by atoms with Gasteiger partial charge in [0.2, 0.25) is 0 Å². The van der Waals surface area contributed by atoms with Gasteiger partial charge in [-0.3, -0.25) is 0 Å². The predicted octanol–water partition coefficient (Wildman–Crippen LogP) is 5.92. The van der Waals surface area contributed by atoms with Crippen LogP contribution in [0.25, 0.3) is 34.3 Å². The summed E-state index contributed by atoms with van der Waals surface area (Å²) in [6.07, 6.45) is 1.70. The van der Waals surface area contributed by atoms with Crippen LogP contribution in [0, 0.1) is 5.82 Å². The second-order valence-corrected chi connectivity index (χ2v) is 10.0. The van der Waals surface area contributed by atoms with Crippen molar-refractivity contribution in [1.29, 1.82) is 0 Å². The van der Waals surface area contributed by atoms with Gasteiger partial charge in [0.15, 0.2) is 11.5 Å². The maximum absolute atomic E-state index is 14.7. The van der Waals surface area contributed by atoms with Crippen molar-refractivity contribution in [2.24, 2.45) is 0 Å². The molecule has 2 atom stereocenters. The summed E-state index contributed by atoms with van der Waals surface area (Å²) in [7, 11) is 0. The Bertz CT molecular complexity index is 1310. The number of nitrogens with two attached hydrogens (primary N) is 1. The minimum Gasteiger partial charge on any atom is -0.414 e. The number of anilines is 1. The molecule has 2 aromatic heterocycles. The van der Waals surface area contributed by atoms with E-state index in [0.717, 1.165) is 12.0 Å². The number of nitrogens with zero attached hydrogens (tertiary/aromatic N) is 4. The zero-order valence-electron chi connectivity index (χ0n) is 20.3. The Morgan fingerprint density at radius 2 is 1.83 bits per heavy atom. The molecule has 0 spiro atoms. The highest BCUT2D eigenvalue weighted by Crippen LogP contribution is 2.31. The Morgan fingerprint density at radius 1 is 1.08 bits per heavy atom. The first-order chi connectivity index (χ1) is 17.3. The minimum atomic E-state index is -0.979. The molecule has 0 bridgehead atoms. The van der Waals surface area contributed by atoms with Gasteiger partial charge in [0.25, 0.3) is 11.8 Å². The summed E-state index contributed by atoms with van der Waals surface area (Å²) in [6, 6.07) is 12.7. The van der Waals surface area contributed by atoms with E-state index in [0.29, 0.717) is 23.1 Å². The summed E-state index contributed by atoms with van der Waals surface area (Å²) < 4.78 is 33.4. The van der Waals surface area contributed by atoms with Gasteiger partial charge >= 0.3 is 0 Å². The van der Waals surface area contributed by atoms with Crippen LogP contribution in [0.3, 0.4) is 0 Å². The predicted molar refractivity (Wildman–Crippen MR) is 138 cm³/mol. The number of halogens is 2. The second-order valence-electron chi connectivity index (χ2n) is 8.49. The maximum Gasteiger partial charge on any atom is 0.270 e. The minimum absolute atomic E-state index is 0.00239. The van der Waals surface area contributed by atoms with Gasteiger partial charge in [0.05, 0.1) is 17.5 Å². The van der Waals surface area contributed by atoms with E-state index in [-0.39, 0.29) is 35.4 Å². The van der Waals surface area contributed by atoms with Gasteiger partial charge in [-0.05, 0) is 43.2 Å². The summed E-state index contributed by atoms with van der Waals surface area (Å²) in [6.45, 7) is 6.36. The van der Waals surface area contributed by atoms with Gasteiger partial charge in [-0.25, -0.2) is 18.7 Å². The van der Waals surface area contributed by atoms with Crippen molar-refractivity contribution in [3.8, 4) is 34.3 Å². The van der Waals surface area contributed by atoms with E-state index in [9.17, 15) is 8.78 Å². The van der Waals surface area contributed by atoms with Gasteiger partial charge < -0.3 is 15.5 Å². The van der Waals surface area contributed by atoms with Crippen LogP contribution >= 0.6 is 11.8 Å². The van der Waals surface area contributed by atoms with Crippen LogP contribution in [0.5, 0.6) is 0 Å². The molecule has 4 rings (SSSR count). The van der Waals surface area contributed by atoms with Gasteiger partial charge in [0, 0.05) is 28.8 Å². The number of nitrogens with one attached hydrogen (secondary N) is 1. The maximum atomic E-state index is 14.7. The molecule has 36 heavy (non-hydrogen) atoms. The van der Waals surface area contributed by atoms with Gasteiger partial charge in [0.1, 0.15) is 12.0 Å². The number of nitrogen functional groups attached to an aromatic ring is 1. The summed E-state index contributed by atoms with van der Waals surface area (Å²) in [5.41, 5.74) is 8.57. The first kappa shape index (κ1) is 25.7. The van der Waals surface area contributed by atoms with Crippen molar-refractivity contribution in [2.75, 3.05) is 12.3 Å². The van der Waals surface area contributed by atoms with Crippen LogP contribution in [0.15, 0.2) is 58.0 Å². The molecular weight excluding hydrogens is 482 g/mol. The van der Waals surface area contributed by atoms with Crippen molar-refractivity contribution in [3.63, 3.8) is 0 Å². The van der Waals surface area contributed by atoms with Gasteiger partial charge in [-0.1, -0.05) is 32.0 Å². The average Bonchev–Trinajstić information content (AvgIpc) is 3.34. The molecule has 4 aromatic rings. The molecule has 0 radical (unpaired) electrons. The molecular formula is C26H28F2N6OS. The fourth-order valence-corrected chi connectivity index (χ4v) is 4.32. The third kappa shape index (κ3) is 6.24. The first-order valence-corrected chi connectivity index (χ1v) is 12.6. The standard InChI is InChI=1S/C26H28F2N6OS/c1-4-16(3)36-19-8-6-18(7-9-19)22-14-31-24(29)23(32-22)26-34-33-25(35-26)20-10-5-17(11-21(20)28)13-30-12-15(2)27/h5-11,14-16,30H,4,12-13H2,1-3H3,(H2,29,31). The third-order valence-electron chi connectivity index (χ3n) is 5.51. The molecule has 0 aliphatic rings. The smallest absolute Gasteiger partial charge is 0.270 e. The van der Waals surface area contributed by atoms with Crippen molar-refractivity contribution in [1.82, 2.24) is 25.5 Å². The van der Waals surface area contributed by atoms with Crippen LogP contribution in [0.2, 0.25) is 0 Å². The molecule has 10 heteroatoms. The largest absolute Gasteiger partial charge is 0.414 e. The monoisotopic (exact) mass is 510 g/mol. The van der Waals surface area contributed by atoms with E-state index in [1.54, 1.807) is 18.3 Å². The summed E-state index contributed by atoms with van der Waals surface area (Å²) in [5, 5.41) is 11.5. The SMILES string of the molecule is CCC(C)Sc1ccc(-c2cnc(N)c(-c3nnc(-c4ccc(CNCC(C)F)cc4F)o3)n2)cc1. The molecule has 2 aromatic carbocycles. The van der Waals surface area contributed by atoms with E-state index >= 15 is 0 Å². The highest BCUT2D eigenvalue weighted by atomic mass is 32.2. The number of hydrogen-bond acceptors (Lipinski definition) is 8. The van der Waals surface area contributed by atoms with E-state index in [1.165, 1.54) is 17.9 Å². The van der Waals surface area contributed by atoms with E-state index in [2.05, 4.69) is 51.5 Å². The second kappa shape index (κ2) is 11.6. The Morgan fingerprint density at radius 3 is 2.53 bits per heavy atom. The molecule has 0 aliphatic heterocycles. The lowest BCUT2D eigenvalue weighted by molar-refractivity contribution is 0.344. The molecule has 0 saturated heterocycles. The molecule has 0 saturated carbocycles. The Hall–Kier alpha value is -3.37. The lowest BCUT2D eigenvalue weighted by atomic mass is 10.1. The van der Waals surface area contributed by atoms with Crippen LogP contribution in [-0.2, 0) is 6.54 Å². The Balaban J connectivity index is 1.54. The summed E-state index contributed by atoms with van der Waals surface area (Å²) >= 11 is 1.82. The third-order valence-corrected chi connectivity index (χ3v) is 6.79. The fraction of sp³-hybridized carbons (Fsp3) is 0.308. The van der Waals surface area contributed by atoms with Crippen LogP contribution in [0.4, 0.5) is 14.6 Å². The molecule has 2 unspecified atom stereocenters. The number of aromatic nitrogens is 4. The number of alkyl halides is 1. The molecule has 0 aliphatic carbocycles. The molecule has 188 valence electrons. The van der Waals surface area contributed by atoms with E-state index < -0.39 is 12.0 Å². The molecule has 0 amide bonds. The quantitative estimate of drug-likeness (QED) is 0.254. The van der Waals surface area contributed by atoms with Crippen LogP contribution in [-0.4, -0.2) is 38.1 Å². The number of thioether (sulfide) groups is 1. The van der Waals surface area contributed by atoms with Crippen molar-refractivity contribution in [2.45, 2.75) is 50.1 Å². The van der Waals surface area contributed by atoms with Crippen LogP contribution in [0.1, 0.15) is 32.8 Å². The zero-order valence-corrected chi connectivity index (χ0v) is 21.1. The summed E-state index contributed by atoms with van der Waals surface area (Å²) in [4.78, 5) is 10.0. The van der Waals surface area contributed by atoms with Gasteiger partial charge in [-0.2, -0.15) is 0 Å².